The predicted molar refractivity (Wildman–Crippen MR) is 69.4 cm³/mol. The summed E-state index contributed by atoms with van der Waals surface area (Å²) in [6, 6.07) is 1.84. The second-order valence-corrected chi connectivity index (χ2v) is 3.81. The maximum absolute atomic E-state index is 4.32. The first-order chi connectivity index (χ1) is 8.78. The summed E-state index contributed by atoms with van der Waals surface area (Å²) in [5, 5.41) is 10.5. The molecule has 18 heavy (non-hydrogen) atoms. The van der Waals surface area contributed by atoms with Crippen molar-refractivity contribution in [1.82, 2.24) is 24.7 Å². The van der Waals surface area contributed by atoms with Gasteiger partial charge in [0.1, 0.15) is 12.1 Å². The monoisotopic (exact) mass is 247 g/mol. The highest BCUT2D eigenvalue weighted by Crippen LogP contribution is 2.05. The third-order valence-corrected chi connectivity index (χ3v) is 2.29. The van der Waals surface area contributed by atoms with Gasteiger partial charge in [-0.05, 0) is 13.0 Å². The van der Waals surface area contributed by atoms with Crippen LogP contribution in [0.5, 0.6) is 0 Å². The quantitative estimate of drug-likeness (QED) is 0.781. The van der Waals surface area contributed by atoms with Gasteiger partial charge in [-0.25, -0.2) is 9.97 Å². The number of nitrogens with zero attached hydrogens (tertiary/aromatic N) is 5. The summed E-state index contributed by atoms with van der Waals surface area (Å²) in [6.45, 7) is 3.56. The summed E-state index contributed by atoms with van der Waals surface area (Å²) < 4.78 is 1.70. The molecule has 2 N–H and O–H groups in total. The van der Waals surface area contributed by atoms with E-state index in [1.54, 1.807) is 17.2 Å². The Morgan fingerprint density at radius 3 is 2.89 bits per heavy atom. The molecule has 0 fully saturated rings. The highest BCUT2D eigenvalue weighted by Gasteiger charge is 2.00. The molecule has 2 aromatic heterocycles. The third kappa shape index (κ3) is 3.41. The molecule has 0 spiro atoms. The number of nitrogens with one attached hydrogen (secondary N) is 2. The van der Waals surface area contributed by atoms with Crippen molar-refractivity contribution in [3.05, 3.63) is 24.4 Å². The van der Waals surface area contributed by atoms with E-state index in [4.69, 9.17) is 0 Å². The van der Waals surface area contributed by atoms with E-state index in [-0.39, 0.29) is 0 Å². The number of aryl methyl sites for hydroxylation is 1. The summed E-state index contributed by atoms with van der Waals surface area (Å²) in [6.07, 6.45) is 4.19. The zero-order valence-electron chi connectivity index (χ0n) is 10.6. The van der Waals surface area contributed by atoms with Crippen LogP contribution in [0.3, 0.4) is 0 Å². The molecular formula is C11H17N7. The van der Waals surface area contributed by atoms with Crippen molar-refractivity contribution >= 4 is 11.8 Å². The van der Waals surface area contributed by atoms with Crippen LogP contribution < -0.4 is 10.6 Å². The van der Waals surface area contributed by atoms with E-state index in [9.17, 15) is 0 Å². The first-order valence-corrected chi connectivity index (χ1v) is 5.93. The van der Waals surface area contributed by atoms with Crippen molar-refractivity contribution in [1.29, 1.82) is 0 Å². The van der Waals surface area contributed by atoms with Crippen molar-refractivity contribution in [2.45, 2.75) is 13.3 Å². The molecule has 0 radical (unpaired) electrons. The first-order valence-electron chi connectivity index (χ1n) is 5.93. The minimum atomic E-state index is 0.637. The predicted octanol–water partition coefficient (Wildman–Crippen LogP) is 0.691. The van der Waals surface area contributed by atoms with Crippen LogP contribution in [-0.4, -0.2) is 37.8 Å². The second kappa shape index (κ2) is 5.95. The summed E-state index contributed by atoms with van der Waals surface area (Å²) in [5.74, 6) is 2.27. The molecule has 2 heterocycles. The van der Waals surface area contributed by atoms with Crippen molar-refractivity contribution in [2.75, 3.05) is 23.7 Å². The first kappa shape index (κ1) is 12.3. The Morgan fingerprint density at radius 1 is 1.28 bits per heavy atom. The van der Waals surface area contributed by atoms with E-state index < -0.39 is 0 Å². The lowest BCUT2D eigenvalue weighted by Gasteiger charge is -2.06. The molecule has 7 nitrogen and oxygen atoms in total. The summed E-state index contributed by atoms with van der Waals surface area (Å²) >= 11 is 0. The van der Waals surface area contributed by atoms with Crippen molar-refractivity contribution in [2.24, 2.45) is 7.05 Å². The van der Waals surface area contributed by atoms with E-state index >= 15 is 0 Å². The van der Waals surface area contributed by atoms with E-state index in [2.05, 4.69) is 30.7 Å². The zero-order valence-corrected chi connectivity index (χ0v) is 10.6. The van der Waals surface area contributed by atoms with E-state index in [0.717, 1.165) is 31.2 Å². The molecule has 7 heteroatoms. The van der Waals surface area contributed by atoms with Crippen LogP contribution in [0.4, 0.5) is 11.8 Å². The molecular weight excluding hydrogens is 230 g/mol. The molecule has 0 atom stereocenters. The fraction of sp³-hybridized carbons (Fsp3) is 0.455. The Hall–Kier alpha value is -2.18. The molecule has 2 aromatic rings. The number of rotatable bonds is 6. The van der Waals surface area contributed by atoms with Gasteiger partial charge >= 0.3 is 0 Å². The Morgan fingerprint density at radius 2 is 2.17 bits per heavy atom. The van der Waals surface area contributed by atoms with Crippen LogP contribution in [0, 0.1) is 0 Å². The number of aromatic nitrogens is 5. The van der Waals surface area contributed by atoms with Gasteiger partial charge < -0.3 is 10.6 Å². The molecule has 0 aliphatic rings. The number of anilines is 2. The molecule has 2 rings (SSSR count). The number of hydrogen-bond acceptors (Lipinski definition) is 6. The van der Waals surface area contributed by atoms with Gasteiger partial charge in [0.05, 0.1) is 0 Å². The zero-order chi connectivity index (χ0) is 12.8. The van der Waals surface area contributed by atoms with Crippen LogP contribution in [-0.2, 0) is 13.5 Å². The lowest BCUT2D eigenvalue weighted by Crippen LogP contribution is -2.09. The van der Waals surface area contributed by atoms with E-state index in [1.165, 1.54) is 0 Å². The SMILES string of the molecule is CCNc1nccc(NCCc2ncn(C)n2)n1. The topological polar surface area (TPSA) is 80.5 Å². The van der Waals surface area contributed by atoms with Crippen LogP contribution in [0.2, 0.25) is 0 Å². The Bertz CT molecular complexity index is 494. The van der Waals surface area contributed by atoms with Crippen molar-refractivity contribution < 1.29 is 0 Å². The van der Waals surface area contributed by atoms with E-state index in [1.807, 2.05) is 20.0 Å². The normalized spacial score (nSPS) is 10.3. The minimum Gasteiger partial charge on any atom is -0.369 e. The largest absolute Gasteiger partial charge is 0.369 e. The molecule has 0 aliphatic heterocycles. The van der Waals surface area contributed by atoms with Gasteiger partial charge in [0.25, 0.3) is 0 Å². The maximum Gasteiger partial charge on any atom is 0.224 e. The van der Waals surface area contributed by atoms with Gasteiger partial charge in [0.15, 0.2) is 5.82 Å². The Balaban J connectivity index is 1.84. The molecule has 0 saturated heterocycles. The average Bonchev–Trinajstić information content (AvgIpc) is 2.76. The molecule has 0 amide bonds. The average molecular weight is 247 g/mol. The van der Waals surface area contributed by atoms with Gasteiger partial charge in [-0.3, -0.25) is 4.68 Å². The Kier molecular flexibility index (Phi) is 4.06. The van der Waals surface area contributed by atoms with Crippen LogP contribution >= 0.6 is 0 Å². The van der Waals surface area contributed by atoms with Crippen molar-refractivity contribution in [3.8, 4) is 0 Å². The fourth-order valence-electron chi connectivity index (χ4n) is 1.50. The minimum absolute atomic E-state index is 0.637. The Labute approximate surface area is 106 Å². The lowest BCUT2D eigenvalue weighted by atomic mass is 10.4. The smallest absolute Gasteiger partial charge is 0.224 e. The molecule has 0 bridgehead atoms. The van der Waals surface area contributed by atoms with Crippen LogP contribution in [0.1, 0.15) is 12.7 Å². The van der Waals surface area contributed by atoms with Gasteiger partial charge in [-0.2, -0.15) is 10.1 Å². The molecule has 0 saturated carbocycles. The highest BCUT2D eigenvalue weighted by molar-refractivity contribution is 5.39. The van der Waals surface area contributed by atoms with Crippen molar-refractivity contribution in [3.63, 3.8) is 0 Å². The van der Waals surface area contributed by atoms with Crippen LogP contribution in [0.25, 0.3) is 0 Å². The molecule has 96 valence electrons. The number of hydrogen-bond donors (Lipinski definition) is 2. The molecule has 0 aliphatic carbocycles. The molecule has 0 unspecified atom stereocenters. The summed E-state index contributed by atoms with van der Waals surface area (Å²) in [5.41, 5.74) is 0. The van der Waals surface area contributed by atoms with Gasteiger partial charge in [0.2, 0.25) is 5.95 Å². The fourth-order valence-corrected chi connectivity index (χ4v) is 1.50. The van der Waals surface area contributed by atoms with E-state index in [0.29, 0.717) is 5.95 Å². The van der Waals surface area contributed by atoms with Gasteiger partial charge in [-0.1, -0.05) is 0 Å². The standard InChI is InChI=1S/C11H17N7/c1-3-12-11-14-7-4-9(16-11)13-6-5-10-15-8-18(2)17-10/h4,7-8H,3,5-6H2,1-2H3,(H2,12,13,14,16). The summed E-state index contributed by atoms with van der Waals surface area (Å²) in [4.78, 5) is 12.6. The molecule has 0 aromatic carbocycles. The summed E-state index contributed by atoms with van der Waals surface area (Å²) in [7, 11) is 1.86. The van der Waals surface area contributed by atoms with Gasteiger partial charge in [-0.15, -0.1) is 0 Å². The van der Waals surface area contributed by atoms with Gasteiger partial charge in [0, 0.05) is 32.8 Å². The lowest BCUT2D eigenvalue weighted by molar-refractivity contribution is 0.741. The highest BCUT2D eigenvalue weighted by atomic mass is 15.3. The third-order valence-electron chi connectivity index (χ3n) is 2.29. The second-order valence-electron chi connectivity index (χ2n) is 3.81. The van der Waals surface area contributed by atoms with Crippen LogP contribution in [0.15, 0.2) is 18.6 Å². The maximum atomic E-state index is 4.32.